The smallest absolute Gasteiger partial charge is 0.167 e. The molecule has 2 rings (SSSR count). The van der Waals surface area contributed by atoms with Crippen molar-refractivity contribution < 1.29 is 13.5 Å². The van der Waals surface area contributed by atoms with Crippen molar-refractivity contribution in [2.24, 2.45) is 0 Å². The summed E-state index contributed by atoms with van der Waals surface area (Å²) in [5, 5.41) is 3.21. The largest absolute Gasteiger partial charge is 0.454 e. The first-order chi connectivity index (χ1) is 10.0. The number of para-hydroxylation sites is 1. The monoisotopic (exact) mass is 355 g/mol. The van der Waals surface area contributed by atoms with Crippen molar-refractivity contribution in [2.45, 2.75) is 19.9 Å². The van der Waals surface area contributed by atoms with Gasteiger partial charge in [-0.25, -0.2) is 8.78 Å². The number of hydrogen-bond donors (Lipinski definition) is 1. The molecule has 0 aliphatic carbocycles. The Hall–Kier alpha value is -1.46. The zero-order valence-corrected chi connectivity index (χ0v) is 13.4. The van der Waals surface area contributed by atoms with Crippen LogP contribution in [-0.4, -0.2) is 6.54 Å². The molecule has 0 amide bonds. The standard InChI is InChI=1S/C16H16BrF2NO/c1-3-20-10(2)14-5-4-6-15(19)16(14)21-13-8-11(17)7-12(18)9-13/h4-10,20H,3H2,1-2H3. The topological polar surface area (TPSA) is 21.3 Å². The molecule has 0 heterocycles. The lowest BCUT2D eigenvalue weighted by molar-refractivity contribution is 0.423. The number of ether oxygens (including phenoxy) is 1. The van der Waals surface area contributed by atoms with Crippen LogP contribution in [0, 0.1) is 11.6 Å². The summed E-state index contributed by atoms with van der Waals surface area (Å²) in [6.07, 6.45) is 0. The van der Waals surface area contributed by atoms with Crippen LogP contribution in [0.3, 0.4) is 0 Å². The molecular formula is C16H16BrF2NO. The fourth-order valence-corrected chi connectivity index (χ4v) is 2.54. The third-order valence-corrected chi connectivity index (χ3v) is 3.49. The summed E-state index contributed by atoms with van der Waals surface area (Å²) in [5.41, 5.74) is 0.692. The average Bonchev–Trinajstić information content (AvgIpc) is 2.40. The van der Waals surface area contributed by atoms with E-state index < -0.39 is 11.6 Å². The maximum atomic E-state index is 14.1. The lowest BCUT2D eigenvalue weighted by atomic mass is 10.1. The molecular weight excluding hydrogens is 340 g/mol. The molecule has 0 bridgehead atoms. The van der Waals surface area contributed by atoms with Crippen molar-refractivity contribution in [1.82, 2.24) is 5.32 Å². The highest BCUT2D eigenvalue weighted by Gasteiger charge is 2.16. The third kappa shape index (κ3) is 4.02. The van der Waals surface area contributed by atoms with E-state index in [0.717, 1.165) is 6.54 Å². The van der Waals surface area contributed by atoms with E-state index in [4.69, 9.17) is 4.74 Å². The fourth-order valence-electron chi connectivity index (χ4n) is 2.10. The lowest BCUT2D eigenvalue weighted by Crippen LogP contribution is -2.18. The van der Waals surface area contributed by atoms with Crippen molar-refractivity contribution >= 4 is 15.9 Å². The highest BCUT2D eigenvalue weighted by atomic mass is 79.9. The summed E-state index contributed by atoms with van der Waals surface area (Å²) in [6.45, 7) is 4.65. The number of hydrogen-bond acceptors (Lipinski definition) is 2. The Bertz CT molecular complexity index is 613. The zero-order chi connectivity index (χ0) is 15.4. The van der Waals surface area contributed by atoms with Crippen LogP contribution >= 0.6 is 15.9 Å². The maximum absolute atomic E-state index is 14.1. The van der Waals surface area contributed by atoms with E-state index >= 15 is 0 Å². The summed E-state index contributed by atoms with van der Waals surface area (Å²) in [6, 6.07) is 8.81. The quantitative estimate of drug-likeness (QED) is 0.796. The first kappa shape index (κ1) is 15.9. The van der Waals surface area contributed by atoms with E-state index in [1.165, 1.54) is 18.2 Å². The van der Waals surface area contributed by atoms with Gasteiger partial charge < -0.3 is 10.1 Å². The van der Waals surface area contributed by atoms with Crippen molar-refractivity contribution in [3.63, 3.8) is 0 Å². The van der Waals surface area contributed by atoms with Crippen molar-refractivity contribution in [1.29, 1.82) is 0 Å². The Kier molecular flexibility index (Phi) is 5.31. The highest BCUT2D eigenvalue weighted by Crippen LogP contribution is 2.33. The molecule has 0 spiro atoms. The summed E-state index contributed by atoms with van der Waals surface area (Å²) in [4.78, 5) is 0. The maximum Gasteiger partial charge on any atom is 0.167 e. The Morgan fingerprint density at radius 3 is 2.67 bits per heavy atom. The van der Waals surface area contributed by atoms with E-state index in [0.29, 0.717) is 10.0 Å². The van der Waals surface area contributed by atoms with Crippen LogP contribution in [0.5, 0.6) is 11.5 Å². The molecule has 0 aliphatic rings. The first-order valence-corrected chi connectivity index (χ1v) is 7.46. The summed E-state index contributed by atoms with van der Waals surface area (Å²) < 4.78 is 33.6. The molecule has 5 heteroatoms. The van der Waals surface area contributed by atoms with E-state index in [-0.39, 0.29) is 17.5 Å². The zero-order valence-electron chi connectivity index (χ0n) is 11.8. The van der Waals surface area contributed by atoms with Gasteiger partial charge in [0, 0.05) is 22.1 Å². The number of benzene rings is 2. The van der Waals surface area contributed by atoms with Crippen LogP contribution in [0.25, 0.3) is 0 Å². The van der Waals surface area contributed by atoms with Crippen molar-refractivity contribution in [2.75, 3.05) is 6.54 Å². The molecule has 1 unspecified atom stereocenters. The SMILES string of the molecule is CCNC(C)c1cccc(F)c1Oc1cc(F)cc(Br)c1. The van der Waals surface area contributed by atoms with Gasteiger partial charge in [-0.1, -0.05) is 35.0 Å². The molecule has 1 atom stereocenters. The molecule has 2 aromatic carbocycles. The first-order valence-electron chi connectivity index (χ1n) is 6.67. The van der Waals surface area contributed by atoms with Gasteiger partial charge in [-0.05, 0) is 31.7 Å². The van der Waals surface area contributed by atoms with Crippen LogP contribution in [-0.2, 0) is 0 Å². The van der Waals surface area contributed by atoms with E-state index in [1.807, 2.05) is 13.8 Å². The molecule has 2 nitrogen and oxygen atoms in total. The predicted octanol–water partition coefficient (Wildman–Crippen LogP) is 5.19. The number of nitrogens with one attached hydrogen (secondary N) is 1. The number of halogens is 3. The summed E-state index contributed by atoms with van der Waals surface area (Å²) in [7, 11) is 0. The molecule has 0 aromatic heterocycles. The second-order valence-corrected chi connectivity index (χ2v) is 5.56. The molecule has 2 aromatic rings. The average molecular weight is 356 g/mol. The van der Waals surface area contributed by atoms with Crippen LogP contribution in [0.4, 0.5) is 8.78 Å². The second kappa shape index (κ2) is 7.00. The summed E-state index contributed by atoms with van der Waals surface area (Å²) in [5.74, 6) is -0.560. The third-order valence-electron chi connectivity index (χ3n) is 3.03. The molecule has 0 saturated carbocycles. The molecule has 0 fully saturated rings. The molecule has 1 N–H and O–H groups in total. The van der Waals surface area contributed by atoms with Gasteiger partial charge in [0.05, 0.1) is 0 Å². The van der Waals surface area contributed by atoms with Crippen LogP contribution < -0.4 is 10.1 Å². The summed E-state index contributed by atoms with van der Waals surface area (Å²) >= 11 is 3.19. The van der Waals surface area contributed by atoms with Crippen molar-refractivity contribution in [3.05, 3.63) is 58.1 Å². The Labute approximate surface area is 131 Å². The van der Waals surface area contributed by atoms with Gasteiger partial charge in [-0.3, -0.25) is 0 Å². The van der Waals surface area contributed by atoms with Gasteiger partial charge in [0.25, 0.3) is 0 Å². The Morgan fingerprint density at radius 1 is 1.24 bits per heavy atom. The molecule has 0 aliphatic heterocycles. The van der Waals surface area contributed by atoms with Gasteiger partial charge in [-0.15, -0.1) is 0 Å². The van der Waals surface area contributed by atoms with Gasteiger partial charge in [0.1, 0.15) is 11.6 Å². The molecule has 0 saturated heterocycles. The van der Waals surface area contributed by atoms with Crippen LogP contribution in [0.2, 0.25) is 0 Å². The Balaban J connectivity index is 2.38. The minimum atomic E-state index is -0.474. The van der Waals surface area contributed by atoms with Gasteiger partial charge in [-0.2, -0.15) is 0 Å². The lowest BCUT2D eigenvalue weighted by Gasteiger charge is -2.18. The fraction of sp³-hybridized carbons (Fsp3) is 0.250. The van der Waals surface area contributed by atoms with E-state index in [9.17, 15) is 8.78 Å². The molecule has 21 heavy (non-hydrogen) atoms. The number of rotatable bonds is 5. The second-order valence-electron chi connectivity index (χ2n) is 4.64. The molecule has 112 valence electrons. The molecule has 0 radical (unpaired) electrons. The minimum Gasteiger partial charge on any atom is -0.454 e. The van der Waals surface area contributed by atoms with Crippen LogP contribution in [0.1, 0.15) is 25.5 Å². The van der Waals surface area contributed by atoms with Gasteiger partial charge in [0.15, 0.2) is 11.6 Å². The predicted molar refractivity (Wildman–Crippen MR) is 82.7 cm³/mol. The van der Waals surface area contributed by atoms with Gasteiger partial charge >= 0.3 is 0 Å². The van der Waals surface area contributed by atoms with Crippen molar-refractivity contribution in [3.8, 4) is 11.5 Å². The van der Waals surface area contributed by atoms with Crippen LogP contribution in [0.15, 0.2) is 40.9 Å². The normalized spacial score (nSPS) is 12.2. The highest BCUT2D eigenvalue weighted by molar-refractivity contribution is 9.10. The Morgan fingerprint density at radius 2 is 2.00 bits per heavy atom. The van der Waals surface area contributed by atoms with E-state index in [2.05, 4.69) is 21.2 Å². The minimum absolute atomic E-state index is 0.0716. The van der Waals surface area contributed by atoms with E-state index in [1.54, 1.807) is 18.2 Å². The van der Waals surface area contributed by atoms with Gasteiger partial charge in [0.2, 0.25) is 0 Å².